The molecule has 0 saturated heterocycles. The van der Waals surface area contributed by atoms with Crippen LogP contribution in [0.15, 0.2) is 12.1 Å². The topological polar surface area (TPSA) is 32.3 Å². The number of anilines is 1. The minimum atomic E-state index is -0.176. The average Bonchev–Trinajstić information content (AvgIpc) is 2.33. The van der Waals surface area contributed by atoms with Gasteiger partial charge in [0.2, 0.25) is 5.91 Å². The van der Waals surface area contributed by atoms with Gasteiger partial charge in [-0.1, -0.05) is 17.7 Å². The molecule has 0 bridgehead atoms. The molecule has 0 aliphatic carbocycles. The Morgan fingerprint density at radius 1 is 1.50 bits per heavy atom. The number of fused-ring (bicyclic) bond motifs is 1. The minimum absolute atomic E-state index is 0.0692. The van der Waals surface area contributed by atoms with E-state index in [1.807, 2.05) is 31.0 Å². The fraction of sp³-hybridized carbons (Fsp3) is 0.500. The number of carbonyl (C=O) groups excluding carboxylic acids is 1. The molecule has 1 amide bonds. The Hall–Kier alpha value is -1.06. The molecule has 0 aromatic heterocycles. The Labute approximate surface area is 113 Å². The number of benzene rings is 1. The van der Waals surface area contributed by atoms with Crippen molar-refractivity contribution in [3.8, 4) is 0 Å². The van der Waals surface area contributed by atoms with E-state index in [0.29, 0.717) is 0 Å². The van der Waals surface area contributed by atoms with E-state index in [1.54, 1.807) is 6.92 Å². The Morgan fingerprint density at radius 3 is 2.72 bits per heavy atom. The summed E-state index contributed by atoms with van der Waals surface area (Å²) in [6.07, 6.45) is 0.860. The first-order valence-corrected chi connectivity index (χ1v) is 6.55. The second-order valence-corrected chi connectivity index (χ2v) is 5.50. The summed E-state index contributed by atoms with van der Waals surface area (Å²) in [4.78, 5) is 13.6. The zero-order chi connectivity index (χ0) is 13.5. The highest BCUT2D eigenvalue weighted by molar-refractivity contribution is 6.32. The lowest BCUT2D eigenvalue weighted by Gasteiger charge is -2.42. The van der Waals surface area contributed by atoms with Gasteiger partial charge in [-0.05, 0) is 38.9 Å². The van der Waals surface area contributed by atoms with Crippen LogP contribution in [-0.2, 0) is 10.3 Å². The van der Waals surface area contributed by atoms with Crippen molar-refractivity contribution >= 4 is 23.2 Å². The van der Waals surface area contributed by atoms with E-state index >= 15 is 0 Å². The summed E-state index contributed by atoms with van der Waals surface area (Å²) in [6, 6.07) is 3.88. The van der Waals surface area contributed by atoms with Crippen molar-refractivity contribution in [2.75, 3.05) is 18.5 Å². The van der Waals surface area contributed by atoms with Gasteiger partial charge in [0.05, 0.1) is 5.69 Å². The first-order valence-electron chi connectivity index (χ1n) is 6.17. The smallest absolute Gasteiger partial charge is 0.223 e. The summed E-state index contributed by atoms with van der Waals surface area (Å²) in [5.41, 5.74) is 2.92. The molecule has 3 nitrogen and oxygen atoms in total. The van der Waals surface area contributed by atoms with Crippen LogP contribution < -0.4 is 10.2 Å². The minimum Gasteiger partial charge on any atom is -0.312 e. The molecule has 0 fully saturated rings. The van der Waals surface area contributed by atoms with Crippen LogP contribution in [0.4, 0.5) is 5.69 Å². The average molecular weight is 267 g/mol. The lowest BCUT2D eigenvalue weighted by molar-refractivity contribution is -0.116. The standard InChI is InChI=1S/C14H19ClN2O/c1-9-5-6-11(15)12-13(9)17(10(2)18)8-7-14(12,3)16-4/h5-6,16H,7-8H2,1-4H3. The van der Waals surface area contributed by atoms with Gasteiger partial charge in [0.1, 0.15) is 0 Å². The summed E-state index contributed by atoms with van der Waals surface area (Å²) in [5, 5.41) is 4.06. The molecule has 1 aliphatic heterocycles. The molecule has 1 atom stereocenters. The molecule has 0 radical (unpaired) electrons. The number of carbonyl (C=O) groups is 1. The number of hydrogen-bond acceptors (Lipinski definition) is 2. The van der Waals surface area contributed by atoms with Gasteiger partial charge in [-0.3, -0.25) is 4.79 Å². The molecular formula is C14H19ClN2O. The van der Waals surface area contributed by atoms with Crippen molar-refractivity contribution in [3.63, 3.8) is 0 Å². The first kappa shape index (κ1) is 13.4. The number of halogens is 1. The van der Waals surface area contributed by atoms with E-state index in [1.165, 1.54) is 0 Å². The summed E-state index contributed by atoms with van der Waals surface area (Å²) in [5.74, 6) is 0.0692. The highest BCUT2D eigenvalue weighted by Crippen LogP contribution is 2.43. The maximum atomic E-state index is 11.8. The summed E-state index contributed by atoms with van der Waals surface area (Å²) < 4.78 is 0. The van der Waals surface area contributed by atoms with Crippen LogP contribution in [0.2, 0.25) is 5.02 Å². The molecule has 1 N–H and O–H groups in total. The highest BCUT2D eigenvalue weighted by Gasteiger charge is 2.37. The van der Waals surface area contributed by atoms with E-state index in [9.17, 15) is 4.79 Å². The van der Waals surface area contributed by atoms with Crippen LogP contribution >= 0.6 is 11.6 Å². The lowest BCUT2D eigenvalue weighted by atomic mass is 9.82. The van der Waals surface area contributed by atoms with Gasteiger partial charge in [-0.25, -0.2) is 0 Å². The number of nitrogens with zero attached hydrogens (tertiary/aromatic N) is 1. The van der Waals surface area contributed by atoms with Gasteiger partial charge in [0, 0.05) is 29.6 Å². The number of rotatable bonds is 1. The van der Waals surface area contributed by atoms with E-state index in [2.05, 4.69) is 12.2 Å². The monoisotopic (exact) mass is 266 g/mol. The van der Waals surface area contributed by atoms with Crippen LogP contribution in [-0.4, -0.2) is 19.5 Å². The number of hydrogen-bond donors (Lipinski definition) is 1. The lowest BCUT2D eigenvalue weighted by Crippen LogP contribution is -2.47. The molecular weight excluding hydrogens is 248 g/mol. The largest absolute Gasteiger partial charge is 0.312 e. The third kappa shape index (κ3) is 1.91. The predicted molar refractivity (Wildman–Crippen MR) is 75.2 cm³/mol. The third-order valence-corrected chi connectivity index (χ3v) is 4.23. The molecule has 0 spiro atoms. The molecule has 1 aromatic rings. The molecule has 1 aliphatic rings. The van der Waals surface area contributed by atoms with Crippen molar-refractivity contribution < 1.29 is 4.79 Å². The van der Waals surface area contributed by atoms with Gasteiger partial charge in [-0.15, -0.1) is 0 Å². The molecule has 1 unspecified atom stereocenters. The zero-order valence-corrected chi connectivity index (χ0v) is 12.1. The van der Waals surface area contributed by atoms with E-state index in [4.69, 9.17) is 11.6 Å². The Bertz CT molecular complexity index is 501. The third-order valence-electron chi connectivity index (χ3n) is 3.92. The molecule has 1 heterocycles. The zero-order valence-electron chi connectivity index (χ0n) is 11.3. The fourth-order valence-corrected chi connectivity index (χ4v) is 3.04. The highest BCUT2D eigenvalue weighted by atomic mass is 35.5. The second kappa shape index (κ2) is 4.56. The van der Waals surface area contributed by atoms with Crippen LogP contribution in [0.3, 0.4) is 0 Å². The van der Waals surface area contributed by atoms with Gasteiger partial charge < -0.3 is 10.2 Å². The normalized spacial score (nSPS) is 22.8. The van der Waals surface area contributed by atoms with Crippen molar-refractivity contribution in [2.45, 2.75) is 32.7 Å². The van der Waals surface area contributed by atoms with Gasteiger partial charge in [0.25, 0.3) is 0 Å². The molecule has 0 saturated carbocycles. The fourth-order valence-electron chi connectivity index (χ4n) is 2.68. The molecule has 18 heavy (non-hydrogen) atoms. The van der Waals surface area contributed by atoms with Crippen LogP contribution in [0.1, 0.15) is 31.4 Å². The number of aryl methyl sites for hydroxylation is 1. The van der Waals surface area contributed by atoms with E-state index in [0.717, 1.165) is 34.8 Å². The first-order chi connectivity index (χ1) is 8.40. The second-order valence-electron chi connectivity index (χ2n) is 5.09. The molecule has 98 valence electrons. The SMILES string of the molecule is CNC1(C)CCN(C(C)=O)c2c(C)ccc(Cl)c21. The predicted octanol–water partition coefficient (Wildman–Crippen LogP) is 2.84. The van der Waals surface area contributed by atoms with E-state index < -0.39 is 0 Å². The number of nitrogens with one attached hydrogen (secondary N) is 1. The van der Waals surface area contributed by atoms with Crippen LogP contribution in [0.25, 0.3) is 0 Å². The Balaban J connectivity index is 2.71. The molecule has 2 rings (SSSR count). The van der Waals surface area contributed by atoms with Gasteiger partial charge in [0.15, 0.2) is 0 Å². The Kier molecular flexibility index (Phi) is 3.39. The molecule has 4 heteroatoms. The van der Waals surface area contributed by atoms with Gasteiger partial charge >= 0.3 is 0 Å². The summed E-state index contributed by atoms with van der Waals surface area (Å²) in [6.45, 7) is 6.48. The van der Waals surface area contributed by atoms with E-state index in [-0.39, 0.29) is 11.4 Å². The molecule has 1 aromatic carbocycles. The quantitative estimate of drug-likeness (QED) is 0.848. The maximum Gasteiger partial charge on any atom is 0.223 e. The van der Waals surface area contributed by atoms with Crippen LogP contribution in [0, 0.1) is 6.92 Å². The maximum absolute atomic E-state index is 11.8. The summed E-state index contributed by atoms with van der Waals surface area (Å²) in [7, 11) is 1.94. The number of amides is 1. The van der Waals surface area contributed by atoms with Gasteiger partial charge in [-0.2, -0.15) is 0 Å². The van der Waals surface area contributed by atoms with Crippen molar-refractivity contribution in [2.24, 2.45) is 0 Å². The van der Waals surface area contributed by atoms with Crippen LogP contribution in [0.5, 0.6) is 0 Å². The Morgan fingerprint density at radius 2 is 2.17 bits per heavy atom. The van der Waals surface area contributed by atoms with Crippen molar-refractivity contribution in [1.29, 1.82) is 0 Å². The van der Waals surface area contributed by atoms with Crippen molar-refractivity contribution in [1.82, 2.24) is 5.32 Å². The van der Waals surface area contributed by atoms with Crippen molar-refractivity contribution in [3.05, 3.63) is 28.3 Å². The summed E-state index contributed by atoms with van der Waals surface area (Å²) >= 11 is 6.37.